The fourth-order valence-electron chi connectivity index (χ4n) is 2.90. The molecule has 2 unspecified atom stereocenters. The fraction of sp³-hybridized carbons (Fsp3) is 0.786. The van der Waals surface area contributed by atoms with Gasteiger partial charge >= 0.3 is 0 Å². The molecule has 0 spiro atoms. The van der Waals surface area contributed by atoms with Crippen LogP contribution in [0.5, 0.6) is 0 Å². The molecule has 18 heavy (non-hydrogen) atoms. The average Bonchev–Trinajstić information content (AvgIpc) is 2.71. The van der Waals surface area contributed by atoms with E-state index in [1.54, 1.807) is 0 Å². The zero-order chi connectivity index (χ0) is 13.0. The first-order valence-corrected chi connectivity index (χ1v) is 7.01. The minimum atomic E-state index is 0.346. The molecule has 1 aliphatic rings. The molecule has 2 N–H and O–H groups in total. The highest BCUT2D eigenvalue weighted by molar-refractivity contribution is 5.15. The summed E-state index contributed by atoms with van der Waals surface area (Å²) in [4.78, 5) is 0. The quantitative estimate of drug-likeness (QED) is 0.836. The molecule has 2 atom stereocenters. The van der Waals surface area contributed by atoms with E-state index in [0.29, 0.717) is 18.4 Å². The zero-order valence-corrected chi connectivity index (χ0v) is 11.5. The van der Waals surface area contributed by atoms with Crippen LogP contribution in [0.2, 0.25) is 0 Å². The van der Waals surface area contributed by atoms with E-state index in [0.717, 1.165) is 13.1 Å². The van der Waals surface area contributed by atoms with Crippen LogP contribution in [0, 0.1) is 18.8 Å². The molecule has 1 aromatic heterocycles. The van der Waals surface area contributed by atoms with Crippen molar-refractivity contribution >= 4 is 0 Å². The predicted octanol–water partition coefficient (Wildman–Crippen LogP) is 1.62. The van der Waals surface area contributed by atoms with Gasteiger partial charge in [0.2, 0.25) is 0 Å². The summed E-state index contributed by atoms with van der Waals surface area (Å²) in [5.74, 6) is 1.14. The van der Waals surface area contributed by atoms with Gasteiger partial charge in [-0.05, 0) is 38.1 Å². The van der Waals surface area contributed by atoms with Crippen molar-refractivity contribution in [3.05, 3.63) is 17.5 Å². The molecule has 102 valence electrons. The van der Waals surface area contributed by atoms with Gasteiger partial charge in [-0.15, -0.1) is 0 Å². The summed E-state index contributed by atoms with van der Waals surface area (Å²) in [7, 11) is 1.97. The summed E-state index contributed by atoms with van der Waals surface area (Å²) >= 11 is 0. The van der Waals surface area contributed by atoms with Gasteiger partial charge < -0.3 is 10.4 Å². The van der Waals surface area contributed by atoms with Gasteiger partial charge in [-0.1, -0.05) is 12.8 Å². The van der Waals surface area contributed by atoms with Gasteiger partial charge in [0, 0.05) is 31.5 Å². The Kier molecular flexibility index (Phi) is 4.78. The third kappa shape index (κ3) is 3.12. The van der Waals surface area contributed by atoms with E-state index in [2.05, 4.69) is 17.3 Å². The van der Waals surface area contributed by atoms with Crippen LogP contribution < -0.4 is 5.32 Å². The fourth-order valence-corrected chi connectivity index (χ4v) is 2.90. The Morgan fingerprint density at radius 3 is 2.72 bits per heavy atom. The van der Waals surface area contributed by atoms with Crippen LogP contribution in [0.4, 0.5) is 0 Å². The summed E-state index contributed by atoms with van der Waals surface area (Å²) in [5.41, 5.74) is 2.50. The normalized spacial score (nSPS) is 24.4. The highest BCUT2D eigenvalue weighted by atomic mass is 16.3. The minimum absolute atomic E-state index is 0.346. The number of aromatic nitrogens is 2. The number of nitrogens with one attached hydrogen (secondary N) is 1. The second-order valence-corrected chi connectivity index (χ2v) is 5.50. The molecule has 1 heterocycles. The van der Waals surface area contributed by atoms with Crippen LogP contribution in [0.3, 0.4) is 0 Å². The van der Waals surface area contributed by atoms with E-state index >= 15 is 0 Å². The van der Waals surface area contributed by atoms with Crippen molar-refractivity contribution in [2.24, 2.45) is 18.9 Å². The minimum Gasteiger partial charge on any atom is -0.396 e. The first-order chi connectivity index (χ1) is 8.72. The van der Waals surface area contributed by atoms with Crippen molar-refractivity contribution in [1.82, 2.24) is 15.1 Å². The molecule has 4 heteroatoms. The Hall–Kier alpha value is -0.870. The molecule has 0 saturated heterocycles. The highest BCUT2D eigenvalue weighted by Gasteiger charge is 2.23. The van der Waals surface area contributed by atoms with E-state index in [9.17, 15) is 5.11 Å². The van der Waals surface area contributed by atoms with Crippen molar-refractivity contribution in [2.75, 3.05) is 13.2 Å². The number of hydrogen-bond acceptors (Lipinski definition) is 3. The van der Waals surface area contributed by atoms with Crippen molar-refractivity contribution in [3.8, 4) is 0 Å². The third-order valence-electron chi connectivity index (χ3n) is 4.36. The van der Waals surface area contributed by atoms with Crippen LogP contribution in [-0.2, 0) is 13.6 Å². The highest BCUT2D eigenvalue weighted by Crippen LogP contribution is 2.29. The summed E-state index contributed by atoms with van der Waals surface area (Å²) in [6.45, 7) is 4.34. The van der Waals surface area contributed by atoms with Gasteiger partial charge in [-0.3, -0.25) is 4.68 Å². The van der Waals surface area contributed by atoms with Crippen LogP contribution >= 0.6 is 0 Å². The van der Waals surface area contributed by atoms with Gasteiger partial charge in [0.1, 0.15) is 0 Å². The number of aliphatic hydroxyl groups is 1. The molecular weight excluding hydrogens is 226 g/mol. The van der Waals surface area contributed by atoms with Crippen LogP contribution in [0.15, 0.2) is 6.20 Å². The van der Waals surface area contributed by atoms with E-state index in [1.807, 2.05) is 17.9 Å². The lowest BCUT2D eigenvalue weighted by molar-refractivity contribution is 0.133. The molecule has 1 fully saturated rings. The predicted molar refractivity (Wildman–Crippen MR) is 72.2 cm³/mol. The molecule has 2 rings (SSSR count). The number of aryl methyl sites for hydroxylation is 1. The van der Waals surface area contributed by atoms with Crippen LogP contribution in [0.1, 0.15) is 36.9 Å². The second-order valence-electron chi connectivity index (χ2n) is 5.50. The van der Waals surface area contributed by atoms with Gasteiger partial charge in [0.05, 0.1) is 6.20 Å². The average molecular weight is 251 g/mol. The lowest BCUT2D eigenvalue weighted by Gasteiger charge is -2.30. The Morgan fingerprint density at radius 2 is 2.11 bits per heavy atom. The second kappa shape index (κ2) is 6.34. The first-order valence-electron chi connectivity index (χ1n) is 7.01. The number of nitrogens with zero attached hydrogens (tertiary/aromatic N) is 2. The monoisotopic (exact) mass is 251 g/mol. The summed E-state index contributed by atoms with van der Waals surface area (Å²) in [6, 6.07) is 0. The Morgan fingerprint density at radius 1 is 1.39 bits per heavy atom. The lowest BCUT2D eigenvalue weighted by Crippen LogP contribution is -2.32. The number of rotatable bonds is 5. The third-order valence-corrected chi connectivity index (χ3v) is 4.36. The molecule has 0 radical (unpaired) electrons. The van der Waals surface area contributed by atoms with Crippen molar-refractivity contribution < 1.29 is 5.11 Å². The zero-order valence-electron chi connectivity index (χ0n) is 11.5. The van der Waals surface area contributed by atoms with Crippen LogP contribution in [-0.4, -0.2) is 28.0 Å². The largest absolute Gasteiger partial charge is 0.396 e. The Bertz CT molecular complexity index is 375. The smallest absolute Gasteiger partial charge is 0.0537 e. The number of aliphatic hydroxyl groups excluding tert-OH is 1. The van der Waals surface area contributed by atoms with Gasteiger partial charge in [-0.25, -0.2) is 0 Å². The maximum Gasteiger partial charge on any atom is 0.0537 e. The molecule has 1 aliphatic carbocycles. The SMILES string of the molecule is Cc1c(CNCC2CCCCC2CO)cnn1C. The van der Waals surface area contributed by atoms with E-state index in [4.69, 9.17) is 0 Å². The molecule has 0 aliphatic heterocycles. The summed E-state index contributed by atoms with van der Waals surface area (Å²) in [6.07, 6.45) is 6.98. The topological polar surface area (TPSA) is 50.1 Å². The summed E-state index contributed by atoms with van der Waals surface area (Å²) < 4.78 is 1.91. The van der Waals surface area contributed by atoms with Crippen molar-refractivity contribution in [3.63, 3.8) is 0 Å². The Labute approximate surface area is 109 Å². The molecule has 0 amide bonds. The maximum atomic E-state index is 9.38. The van der Waals surface area contributed by atoms with Crippen molar-refractivity contribution in [1.29, 1.82) is 0 Å². The maximum absolute atomic E-state index is 9.38. The molecule has 0 aromatic carbocycles. The number of hydrogen-bond donors (Lipinski definition) is 2. The van der Waals surface area contributed by atoms with Crippen LogP contribution in [0.25, 0.3) is 0 Å². The molecule has 0 bridgehead atoms. The van der Waals surface area contributed by atoms with E-state index in [1.165, 1.54) is 36.9 Å². The Balaban J connectivity index is 1.79. The van der Waals surface area contributed by atoms with E-state index < -0.39 is 0 Å². The van der Waals surface area contributed by atoms with Gasteiger partial charge in [0.15, 0.2) is 0 Å². The lowest BCUT2D eigenvalue weighted by atomic mass is 9.79. The summed E-state index contributed by atoms with van der Waals surface area (Å²) in [5, 5.41) is 17.2. The molecular formula is C14H25N3O. The standard InChI is InChI=1S/C14H25N3O/c1-11-14(9-16-17(11)2)8-15-7-12-5-3-4-6-13(12)10-18/h9,12-13,15,18H,3-8,10H2,1-2H3. The molecule has 1 aromatic rings. The molecule has 1 saturated carbocycles. The molecule has 4 nitrogen and oxygen atoms in total. The van der Waals surface area contributed by atoms with Gasteiger partial charge in [0.25, 0.3) is 0 Å². The van der Waals surface area contributed by atoms with Gasteiger partial charge in [-0.2, -0.15) is 5.10 Å². The van der Waals surface area contributed by atoms with E-state index in [-0.39, 0.29) is 0 Å². The van der Waals surface area contributed by atoms with Crippen molar-refractivity contribution in [2.45, 2.75) is 39.2 Å². The first kappa shape index (κ1) is 13.6.